The number of Topliss-reactive ketones (excluding diaryl/α,β-unsaturated/α-hetero) is 1. The van der Waals surface area contributed by atoms with E-state index in [2.05, 4.69) is 5.32 Å². The Morgan fingerprint density at radius 1 is 1.31 bits per heavy atom. The van der Waals surface area contributed by atoms with E-state index in [0.717, 1.165) is 5.56 Å². The summed E-state index contributed by atoms with van der Waals surface area (Å²) < 4.78 is 0. The lowest BCUT2D eigenvalue weighted by atomic mass is 10.1. The molecule has 0 aromatic heterocycles. The van der Waals surface area contributed by atoms with Crippen LogP contribution in [-0.2, 0) is 16.0 Å². The van der Waals surface area contributed by atoms with Crippen molar-refractivity contribution >= 4 is 11.7 Å². The Hall–Kier alpha value is -1.68. The molecule has 0 saturated carbocycles. The van der Waals surface area contributed by atoms with Crippen LogP contribution < -0.4 is 11.1 Å². The first-order chi connectivity index (χ1) is 7.59. The molecule has 0 fully saturated rings. The third-order valence-corrected chi connectivity index (χ3v) is 2.15. The zero-order valence-electron chi connectivity index (χ0n) is 9.27. The molecule has 1 atom stereocenters. The SMILES string of the molecule is CC(=O)CNC(=O)[C@@H](N)Cc1ccccc1. The summed E-state index contributed by atoms with van der Waals surface area (Å²) in [7, 11) is 0. The van der Waals surface area contributed by atoms with E-state index in [-0.39, 0.29) is 18.2 Å². The fourth-order valence-electron chi connectivity index (χ4n) is 1.30. The second-order valence-corrected chi connectivity index (χ2v) is 3.72. The molecule has 0 saturated heterocycles. The Balaban J connectivity index is 2.43. The second kappa shape index (κ2) is 6.02. The molecule has 3 N–H and O–H groups in total. The van der Waals surface area contributed by atoms with Crippen molar-refractivity contribution in [1.29, 1.82) is 0 Å². The van der Waals surface area contributed by atoms with Crippen LogP contribution in [0, 0.1) is 0 Å². The number of nitrogens with one attached hydrogen (secondary N) is 1. The number of rotatable bonds is 5. The Labute approximate surface area is 94.8 Å². The molecule has 0 aliphatic heterocycles. The van der Waals surface area contributed by atoms with Gasteiger partial charge in [-0.1, -0.05) is 30.3 Å². The minimum absolute atomic E-state index is 0.0430. The van der Waals surface area contributed by atoms with Crippen LogP contribution in [0.3, 0.4) is 0 Å². The molecule has 1 aromatic rings. The number of amides is 1. The quantitative estimate of drug-likeness (QED) is 0.747. The molecule has 0 aliphatic carbocycles. The summed E-state index contributed by atoms with van der Waals surface area (Å²) in [6, 6.07) is 8.92. The van der Waals surface area contributed by atoms with Crippen LogP contribution in [0.2, 0.25) is 0 Å². The van der Waals surface area contributed by atoms with Gasteiger partial charge in [0.15, 0.2) is 0 Å². The fourth-order valence-corrected chi connectivity index (χ4v) is 1.30. The summed E-state index contributed by atoms with van der Waals surface area (Å²) in [4.78, 5) is 22.1. The van der Waals surface area contributed by atoms with E-state index in [1.54, 1.807) is 0 Å². The minimum Gasteiger partial charge on any atom is -0.348 e. The lowest BCUT2D eigenvalue weighted by Crippen LogP contribution is -2.43. The van der Waals surface area contributed by atoms with Gasteiger partial charge in [-0.05, 0) is 18.9 Å². The summed E-state index contributed by atoms with van der Waals surface area (Å²) in [5, 5.41) is 2.49. The first-order valence-electron chi connectivity index (χ1n) is 5.16. The molecular formula is C12H16N2O2. The van der Waals surface area contributed by atoms with Crippen LogP contribution in [0.5, 0.6) is 0 Å². The van der Waals surface area contributed by atoms with Crippen LogP contribution in [0.1, 0.15) is 12.5 Å². The van der Waals surface area contributed by atoms with Crippen molar-refractivity contribution in [2.75, 3.05) is 6.54 Å². The van der Waals surface area contributed by atoms with Gasteiger partial charge in [-0.2, -0.15) is 0 Å². The van der Waals surface area contributed by atoms with E-state index in [1.807, 2.05) is 30.3 Å². The Morgan fingerprint density at radius 3 is 2.50 bits per heavy atom. The highest BCUT2D eigenvalue weighted by molar-refractivity contribution is 5.87. The van der Waals surface area contributed by atoms with Crippen molar-refractivity contribution < 1.29 is 9.59 Å². The number of nitrogens with two attached hydrogens (primary N) is 1. The molecule has 1 aromatic carbocycles. The number of carbonyl (C=O) groups excluding carboxylic acids is 2. The number of hydrogen-bond donors (Lipinski definition) is 2. The molecule has 4 heteroatoms. The topological polar surface area (TPSA) is 72.2 Å². The van der Waals surface area contributed by atoms with Gasteiger partial charge in [-0.15, -0.1) is 0 Å². The average molecular weight is 220 g/mol. The van der Waals surface area contributed by atoms with Gasteiger partial charge in [0.2, 0.25) is 5.91 Å². The maximum atomic E-state index is 11.5. The number of ketones is 1. The normalized spacial score (nSPS) is 11.9. The molecule has 0 aliphatic rings. The molecule has 0 bridgehead atoms. The van der Waals surface area contributed by atoms with E-state index in [9.17, 15) is 9.59 Å². The van der Waals surface area contributed by atoms with Crippen LogP contribution >= 0.6 is 0 Å². The molecule has 0 radical (unpaired) electrons. The van der Waals surface area contributed by atoms with Crippen molar-refractivity contribution in [2.45, 2.75) is 19.4 Å². The molecule has 0 unspecified atom stereocenters. The number of hydrogen-bond acceptors (Lipinski definition) is 3. The largest absolute Gasteiger partial charge is 0.348 e. The van der Waals surface area contributed by atoms with Crippen LogP contribution in [0.15, 0.2) is 30.3 Å². The summed E-state index contributed by atoms with van der Waals surface area (Å²) in [6.07, 6.45) is 0.477. The lowest BCUT2D eigenvalue weighted by Gasteiger charge is -2.11. The van der Waals surface area contributed by atoms with Crippen molar-refractivity contribution in [3.63, 3.8) is 0 Å². The predicted molar refractivity (Wildman–Crippen MR) is 61.8 cm³/mol. The summed E-state index contributed by atoms with van der Waals surface area (Å²) in [5.74, 6) is -0.376. The molecule has 4 nitrogen and oxygen atoms in total. The number of benzene rings is 1. The number of carbonyl (C=O) groups is 2. The van der Waals surface area contributed by atoms with Gasteiger partial charge in [0, 0.05) is 0 Å². The molecule has 1 rings (SSSR count). The summed E-state index contributed by atoms with van der Waals surface area (Å²) in [6.45, 7) is 1.46. The standard InChI is InChI=1S/C12H16N2O2/c1-9(15)8-14-12(16)11(13)7-10-5-3-2-4-6-10/h2-6,11H,7-8,13H2,1H3,(H,14,16)/t11-/m0/s1. The fraction of sp³-hybridized carbons (Fsp3) is 0.333. The van der Waals surface area contributed by atoms with Crippen molar-refractivity contribution in [3.8, 4) is 0 Å². The zero-order chi connectivity index (χ0) is 12.0. The van der Waals surface area contributed by atoms with Gasteiger partial charge in [0.1, 0.15) is 5.78 Å². The van der Waals surface area contributed by atoms with Crippen LogP contribution in [0.25, 0.3) is 0 Å². The van der Waals surface area contributed by atoms with Gasteiger partial charge < -0.3 is 11.1 Å². The minimum atomic E-state index is -0.609. The Kier molecular flexibility index (Phi) is 4.66. The highest BCUT2D eigenvalue weighted by Gasteiger charge is 2.13. The highest BCUT2D eigenvalue weighted by atomic mass is 16.2. The van der Waals surface area contributed by atoms with Gasteiger partial charge >= 0.3 is 0 Å². The van der Waals surface area contributed by atoms with Crippen molar-refractivity contribution in [1.82, 2.24) is 5.32 Å². The van der Waals surface area contributed by atoms with E-state index < -0.39 is 6.04 Å². The predicted octanol–water partition coefficient (Wildman–Crippen LogP) is 0.262. The maximum Gasteiger partial charge on any atom is 0.237 e. The van der Waals surface area contributed by atoms with Crippen LogP contribution in [-0.4, -0.2) is 24.3 Å². The third-order valence-electron chi connectivity index (χ3n) is 2.15. The highest BCUT2D eigenvalue weighted by Crippen LogP contribution is 2.01. The second-order valence-electron chi connectivity index (χ2n) is 3.72. The first-order valence-corrected chi connectivity index (χ1v) is 5.16. The lowest BCUT2D eigenvalue weighted by molar-refractivity contribution is -0.125. The van der Waals surface area contributed by atoms with E-state index in [4.69, 9.17) is 5.73 Å². The Morgan fingerprint density at radius 2 is 1.94 bits per heavy atom. The maximum absolute atomic E-state index is 11.5. The summed E-state index contributed by atoms with van der Waals surface area (Å²) >= 11 is 0. The van der Waals surface area contributed by atoms with Gasteiger partial charge in [0.25, 0.3) is 0 Å². The smallest absolute Gasteiger partial charge is 0.237 e. The van der Waals surface area contributed by atoms with Crippen molar-refractivity contribution in [3.05, 3.63) is 35.9 Å². The van der Waals surface area contributed by atoms with Gasteiger partial charge in [0.05, 0.1) is 12.6 Å². The van der Waals surface area contributed by atoms with E-state index >= 15 is 0 Å². The molecule has 16 heavy (non-hydrogen) atoms. The molecule has 1 amide bonds. The molecule has 0 heterocycles. The third kappa shape index (κ3) is 4.23. The van der Waals surface area contributed by atoms with E-state index in [1.165, 1.54) is 6.92 Å². The van der Waals surface area contributed by atoms with Crippen LogP contribution in [0.4, 0.5) is 0 Å². The van der Waals surface area contributed by atoms with E-state index in [0.29, 0.717) is 6.42 Å². The zero-order valence-corrected chi connectivity index (χ0v) is 9.27. The van der Waals surface area contributed by atoms with Gasteiger partial charge in [-0.25, -0.2) is 0 Å². The monoisotopic (exact) mass is 220 g/mol. The van der Waals surface area contributed by atoms with Crippen molar-refractivity contribution in [2.24, 2.45) is 5.73 Å². The Bertz CT molecular complexity index is 363. The molecule has 86 valence electrons. The van der Waals surface area contributed by atoms with Gasteiger partial charge in [-0.3, -0.25) is 9.59 Å². The molecular weight excluding hydrogens is 204 g/mol. The molecule has 0 spiro atoms. The average Bonchev–Trinajstić information content (AvgIpc) is 2.27. The first kappa shape index (κ1) is 12.4. The summed E-state index contributed by atoms with van der Waals surface area (Å²) in [5.41, 5.74) is 6.72.